The zero-order valence-electron chi connectivity index (χ0n) is 12.0. The van der Waals surface area contributed by atoms with Gasteiger partial charge in [0.25, 0.3) is 0 Å². The highest BCUT2D eigenvalue weighted by molar-refractivity contribution is 4.78. The molecule has 0 bridgehead atoms. The van der Waals surface area contributed by atoms with E-state index in [1.807, 2.05) is 0 Å². The van der Waals surface area contributed by atoms with Gasteiger partial charge in [-0.05, 0) is 64.2 Å². The predicted octanol–water partition coefficient (Wildman–Crippen LogP) is 1.96. The first-order chi connectivity index (χ1) is 8.78. The molecular formula is C15H30N2O. The van der Waals surface area contributed by atoms with E-state index in [1.165, 1.54) is 58.4 Å². The Hall–Kier alpha value is -0.120. The molecule has 0 amide bonds. The molecule has 0 spiro atoms. The minimum Gasteiger partial charge on any atom is -0.392 e. The number of hydrogen-bond acceptors (Lipinski definition) is 3. The van der Waals surface area contributed by atoms with Crippen molar-refractivity contribution < 1.29 is 5.11 Å². The Morgan fingerprint density at radius 1 is 1.06 bits per heavy atom. The van der Waals surface area contributed by atoms with Gasteiger partial charge in [0.05, 0.1) is 6.10 Å². The van der Waals surface area contributed by atoms with Crippen molar-refractivity contribution in [3.05, 3.63) is 0 Å². The van der Waals surface area contributed by atoms with Crippen LogP contribution in [-0.2, 0) is 0 Å². The molecule has 0 saturated carbocycles. The third-order valence-corrected chi connectivity index (χ3v) is 4.51. The van der Waals surface area contributed by atoms with Crippen LogP contribution in [0.2, 0.25) is 0 Å². The van der Waals surface area contributed by atoms with Gasteiger partial charge >= 0.3 is 0 Å². The van der Waals surface area contributed by atoms with Crippen molar-refractivity contribution in [1.29, 1.82) is 0 Å². The summed E-state index contributed by atoms with van der Waals surface area (Å²) in [5, 5.41) is 9.85. The van der Waals surface area contributed by atoms with Gasteiger partial charge in [-0.1, -0.05) is 13.3 Å². The number of nitrogens with zero attached hydrogens (tertiary/aromatic N) is 2. The van der Waals surface area contributed by atoms with Gasteiger partial charge in [0, 0.05) is 13.1 Å². The number of likely N-dealkylation sites (tertiary alicyclic amines) is 2. The molecule has 0 radical (unpaired) electrons. The van der Waals surface area contributed by atoms with E-state index in [2.05, 4.69) is 16.7 Å². The van der Waals surface area contributed by atoms with Crippen LogP contribution in [0.25, 0.3) is 0 Å². The molecule has 3 nitrogen and oxygen atoms in total. The summed E-state index contributed by atoms with van der Waals surface area (Å²) in [6, 6.07) is 0. The number of piperidine rings is 1. The van der Waals surface area contributed by atoms with Crippen molar-refractivity contribution in [2.24, 2.45) is 5.92 Å². The molecule has 2 saturated heterocycles. The smallest absolute Gasteiger partial charge is 0.0667 e. The van der Waals surface area contributed by atoms with Gasteiger partial charge in [0.2, 0.25) is 0 Å². The predicted molar refractivity (Wildman–Crippen MR) is 75.8 cm³/mol. The molecule has 1 unspecified atom stereocenters. The van der Waals surface area contributed by atoms with Gasteiger partial charge in [0.15, 0.2) is 0 Å². The lowest BCUT2D eigenvalue weighted by molar-refractivity contribution is 0.0778. The molecule has 2 rings (SSSR count). The fourth-order valence-corrected chi connectivity index (χ4v) is 3.40. The van der Waals surface area contributed by atoms with Gasteiger partial charge in [-0.15, -0.1) is 0 Å². The molecule has 18 heavy (non-hydrogen) atoms. The Labute approximate surface area is 112 Å². The summed E-state index contributed by atoms with van der Waals surface area (Å²) in [5.74, 6) is 0.905. The van der Waals surface area contributed by atoms with Gasteiger partial charge in [0.1, 0.15) is 0 Å². The Morgan fingerprint density at radius 2 is 1.72 bits per heavy atom. The van der Waals surface area contributed by atoms with Crippen LogP contribution >= 0.6 is 0 Å². The van der Waals surface area contributed by atoms with Crippen molar-refractivity contribution >= 4 is 0 Å². The molecule has 2 aliphatic rings. The zero-order valence-corrected chi connectivity index (χ0v) is 12.0. The summed E-state index contributed by atoms with van der Waals surface area (Å²) >= 11 is 0. The van der Waals surface area contributed by atoms with Crippen molar-refractivity contribution in [1.82, 2.24) is 9.80 Å². The minimum absolute atomic E-state index is 0.106. The van der Waals surface area contributed by atoms with E-state index in [0.717, 1.165) is 25.3 Å². The zero-order chi connectivity index (χ0) is 12.8. The molecule has 1 N–H and O–H groups in total. The number of β-amino-alcohol motifs (C(OH)–C–C–N with tert-alkyl or cyclic N) is 1. The van der Waals surface area contributed by atoms with Gasteiger partial charge < -0.3 is 14.9 Å². The highest BCUT2D eigenvalue weighted by atomic mass is 16.3. The second-order valence-electron chi connectivity index (χ2n) is 6.19. The van der Waals surface area contributed by atoms with Gasteiger partial charge in [-0.25, -0.2) is 0 Å². The lowest BCUT2D eigenvalue weighted by Crippen LogP contribution is -2.41. The normalized spacial score (nSPS) is 25.7. The maximum Gasteiger partial charge on any atom is 0.0667 e. The van der Waals surface area contributed by atoms with Crippen molar-refractivity contribution in [2.75, 3.05) is 39.3 Å². The molecule has 2 heterocycles. The van der Waals surface area contributed by atoms with Gasteiger partial charge in [-0.2, -0.15) is 0 Å². The van der Waals surface area contributed by atoms with Crippen LogP contribution in [0, 0.1) is 5.92 Å². The Morgan fingerprint density at radius 3 is 2.33 bits per heavy atom. The Bertz CT molecular complexity index is 221. The maximum atomic E-state index is 9.85. The number of hydrogen-bond donors (Lipinski definition) is 1. The topological polar surface area (TPSA) is 26.7 Å². The molecular weight excluding hydrogens is 224 g/mol. The van der Waals surface area contributed by atoms with Crippen molar-refractivity contribution in [2.45, 2.75) is 51.6 Å². The summed E-state index contributed by atoms with van der Waals surface area (Å²) in [7, 11) is 0. The summed E-state index contributed by atoms with van der Waals surface area (Å²) in [5.41, 5.74) is 0. The first kappa shape index (κ1) is 14.3. The number of aliphatic hydroxyl groups is 1. The van der Waals surface area contributed by atoms with Crippen molar-refractivity contribution in [3.63, 3.8) is 0 Å². The maximum absolute atomic E-state index is 9.85. The lowest BCUT2D eigenvalue weighted by Gasteiger charge is -2.34. The standard InChI is InChI=1S/C15H30N2O/c1-2-5-15(18)13-17-10-6-14(7-11-17)12-16-8-3-4-9-16/h14-15,18H,2-13H2,1H3. The van der Waals surface area contributed by atoms with Crippen LogP contribution in [0.1, 0.15) is 45.4 Å². The van der Waals surface area contributed by atoms with E-state index in [9.17, 15) is 5.11 Å². The molecule has 1 atom stereocenters. The van der Waals surface area contributed by atoms with Crippen LogP contribution in [0.5, 0.6) is 0 Å². The molecule has 0 aliphatic carbocycles. The minimum atomic E-state index is -0.106. The highest BCUT2D eigenvalue weighted by Crippen LogP contribution is 2.20. The van der Waals surface area contributed by atoms with Crippen LogP contribution in [0.15, 0.2) is 0 Å². The SMILES string of the molecule is CCCC(O)CN1CCC(CN2CCCC2)CC1. The molecule has 2 aliphatic heterocycles. The van der Waals surface area contributed by atoms with E-state index in [0.29, 0.717) is 0 Å². The quantitative estimate of drug-likeness (QED) is 0.785. The van der Waals surface area contributed by atoms with Gasteiger partial charge in [-0.3, -0.25) is 0 Å². The second kappa shape index (κ2) is 7.46. The molecule has 0 aromatic carbocycles. The van der Waals surface area contributed by atoms with Crippen LogP contribution in [0.4, 0.5) is 0 Å². The fraction of sp³-hybridized carbons (Fsp3) is 1.00. The summed E-state index contributed by atoms with van der Waals surface area (Å²) in [6.07, 6.45) is 7.40. The highest BCUT2D eigenvalue weighted by Gasteiger charge is 2.23. The third-order valence-electron chi connectivity index (χ3n) is 4.51. The van der Waals surface area contributed by atoms with Crippen LogP contribution in [0.3, 0.4) is 0 Å². The average Bonchev–Trinajstić information content (AvgIpc) is 2.85. The summed E-state index contributed by atoms with van der Waals surface area (Å²) in [4.78, 5) is 5.10. The van der Waals surface area contributed by atoms with Crippen molar-refractivity contribution in [3.8, 4) is 0 Å². The van der Waals surface area contributed by atoms with E-state index >= 15 is 0 Å². The number of rotatable bonds is 6. The average molecular weight is 254 g/mol. The van der Waals surface area contributed by atoms with E-state index < -0.39 is 0 Å². The fourth-order valence-electron chi connectivity index (χ4n) is 3.40. The lowest BCUT2D eigenvalue weighted by atomic mass is 9.96. The molecule has 2 fully saturated rings. The summed E-state index contributed by atoms with van der Waals surface area (Å²) < 4.78 is 0. The monoisotopic (exact) mass is 254 g/mol. The van der Waals surface area contributed by atoms with E-state index in [-0.39, 0.29) is 6.10 Å². The molecule has 106 valence electrons. The Balaban J connectivity index is 1.61. The third kappa shape index (κ3) is 4.52. The second-order valence-corrected chi connectivity index (χ2v) is 6.19. The molecule has 3 heteroatoms. The Kier molecular flexibility index (Phi) is 5.93. The van der Waals surface area contributed by atoms with Crippen LogP contribution < -0.4 is 0 Å². The van der Waals surface area contributed by atoms with Crippen LogP contribution in [-0.4, -0.2) is 60.3 Å². The molecule has 0 aromatic rings. The largest absolute Gasteiger partial charge is 0.392 e. The first-order valence-electron chi connectivity index (χ1n) is 7.90. The van der Waals surface area contributed by atoms with E-state index in [4.69, 9.17) is 0 Å². The molecule has 0 aromatic heterocycles. The first-order valence-corrected chi connectivity index (χ1v) is 7.90. The van der Waals surface area contributed by atoms with E-state index in [1.54, 1.807) is 0 Å². The number of aliphatic hydroxyl groups excluding tert-OH is 1. The summed E-state index contributed by atoms with van der Waals surface area (Å²) in [6.45, 7) is 9.41.